The van der Waals surface area contributed by atoms with Gasteiger partial charge in [0.15, 0.2) is 0 Å². The Bertz CT molecular complexity index is 151. The van der Waals surface area contributed by atoms with Crippen molar-refractivity contribution in [3.8, 4) is 0 Å². The van der Waals surface area contributed by atoms with Crippen molar-refractivity contribution in [3.05, 3.63) is 0 Å². The lowest BCUT2D eigenvalue weighted by Gasteiger charge is -2.17. The molecule has 0 amide bonds. The average Bonchev–Trinajstić information content (AvgIpc) is 2.86. The summed E-state index contributed by atoms with van der Waals surface area (Å²) in [5.74, 6) is 2.68. The minimum Gasteiger partial charge on any atom is -0.312 e. The van der Waals surface area contributed by atoms with Crippen LogP contribution in [-0.4, -0.2) is 48.6 Å². The number of hydrogen-bond donors (Lipinski definition) is 1. The number of likely N-dealkylation sites (N-methyl/N-ethyl adjacent to an activating group) is 1. The number of rotatable bonds is 5. The zero-order valence-electron chi connectivity index (χ0n) is 8.46. The molecule has 13 heavy (non-hydrogen) atoms. The van der Waals surface area contributed by atoms with Gasteiger partial charge in [0.1, 0.15) is 0 Å². The molecule has 0 aromatic rings. The Morgan fingerprint density at radius 1 is 1.38 bits per heavy atom. The Balaban J connectivity index is 1.52. The summed E-state index contributed by atoms with van der Waals surface area (Å²) in [6.07, 6.45) is 4.23. The fourth-order valence-electron chi connectivity index (χ4n) is 1.84. The van der Waals surface area contributed by atoms with Gasteiger partial charge in [-0.2, -0.15) is 11.8 Å². The van der Waals surface area contributed by atoms with Crippen molar-refractivity contribution in [1.82, 2.24) is 10.2 Å². The average molecular weight is 200 g/mol. The van der Waals surface area contributed by atoms with Gasteiger partial charge in [-0.15, -0.1) is 0 Å². The Morgan fingerprint density at radius 3 is 2.85 bits per heavy atom. The standard InChI is InChI=1S/C10H20N2S/c1-12(10-2-3-10)6-5-11-9-4-7-13-8-9/h9-11H,2-8H2,1H3. The summed E-state index contributed by atoms with van der Waals surface area (Å²) in [5.41, 5.74) is 0. The first-order valence-electron chi connectivity index (χ1n) is 5.37. The number of nitrogens with one attached hydrogen (secondary N) is 1. The molecular weight excluding hydrogens is 180 g/mol. The van der Waals surface area contributed by atoms with E-state index in [-0.39, 0.29) is 0 Å². The molecule has 0 aromatic heterocycles. The fourth-order valence-corrected chi connectivity index (χ4v) is 3.03. The summed E-state index contributed by atoms with van der Waals surface area (Å²) in [7, 11) is 2.25. The highest BCUT2D eigenvalue weighted by atomic mass is 32.2. The van der Waals surface area contributed by atoms with E-state index in [2.05, 4.69) is 29.0 Å². The van der Waals surface area contributed by atoms with Gasteiger partial charge in [0.2, 0.25) is 0 Å². The van der Waals surface area contributed by atoms with Crippen LogP contribution in [0.3, 0.4) is 0 Å². The first kappa shape index (κ1) is 9.81. The van der Waals surface area contributed by atoms with Gasteiger partial charge in [-0.05, 0) is 32.1 Å². The van der Waals surface area contributed by atoms with Crippen LogP contribution in [0.1, 0.15) is 19.3 Å². The van der Waals surface area contributed by atoms with Crippen molar-refractivity contribution in [3.63, 3.8) is 0 Å². The Labute approximate surface area is 85.4 Å². The highest BCUT2D eigenvalue weighted by Crippen LogP contribution is 2.24. The molecule has 2 nitrogen and oxygen atoms in total. The second-order valence-electron chi connectivity index (χ2n) is 4.23. The molecule has 0 radical (unpaired) electrons. The van der Waals surface area contributed by atoms with Gasteiger partial charge in [0, 0.05) is 30.9 Å². The predicted octanol–water partition coefficient (Wildman–Crippen LogP) is 1.18. The van der Waals surface area contributed by atoms with E-state index in [1.165, 1.54) is 43.9 Å². The van der Waals surface area contributed by atoms with Crippen LogP contribution in [0, 0.1) is 0 Å². The third-order valence-corrected chi connectivity index (χ3v) is 4.16. The highest BCUT2D eigenvalue weighted by Gasteiger charge is 2.25. The minimum absolute atomic E-state index is 0.803. The third-order valence-electron chi connectivity index (χ3n) is 3.00. The summed E-state index contributed by atoms with van der Waals surface area (Å²) in [5, 5.41) is 3.63. The molecule has 1 aliphatic heterocycles. The van der Waals surface area contributed by atoms with E-state index in [0.717, 1.165) is 12.1 Å². The maximum Gasteiger partial charge on any atom is 0.0166 e. The summed E-state index contributed by atoms with van der Waals surface area (Å²) in [6, 6.07) is 1.72. The van der Waals surface area contributed by atoms with Crippen molar-refractivity contribution in [2.45, 2.75) is 31.3 Å². The normalized spacial score (nSPS) is 28.6. The molecule has 1 saturated heterocycles. The molecule has 1 N–H and O–H groups in total. The number of hydrogen-bond acceptors (Lipinski definition) is 3. The van der Waals surface area contributed by atoms with Crippen LogP contribution in [0.15, 0.2) is 0 Å². The topological polar surface area (TPSA) is 15.3 Å². The van der Waals surface area contributed by atoms with Gasteiger partial charge >= 0.3 is 0 Å². The molecular formula is C10H20N2S. The van der Waals surface area contributed by atoms with Gasteiger partial charge < -0.3 is 10.2 Å². The largest absolute Gasteiger partial charge is 0.312 e. The molecule has 2 fully saturated rings. The Kier molecular flexibility index (Phi) is 3.52. The summed E-state index contributed by atoms with van der Waals surface area (Å²) >= 11 is 2.08. The lowest BCUT2D eigenvalue weighted by molar-refractivity contribution is 0.316. The zero-order valence-corrected chi connectivity index (χ0v) is 9.28. The third kappa shape index (κ3) is 3.15. The molecule has 76 valence electrons. The Hall–Kier alpha value is 0.270. The van der Waals surface area contributed by atoms with Crippen LogP contribution in [0.4, 0.5) is 0 Å². The van der Waals surface area contributed by atoms with Gasteiger partial charge in [-0.3, -0.25) is 0 Å². The molecule has 1 unspecified atom stereocenters. The highest BCUT2D eigenvalue weighted by molar-refractivity contribution is 7.99. The van der Waals surface area contributed by atoms with E-state index in [9.17, 15) is 0 Å². The molecule has 2 rings (SSSR count). The zero-order chi connectivity index (χ0) is 9.10. The van der Waals surface area contributed by atoms with E-state index in [1.807, 2.05) is 0 Å². The quantitative estimate of drug-likeness (QED) is 0.717. The van der Waals surface area contributed by atoms with Gasteiger partial charge in [-0.25, -0.2) is 0 Å². The van der Waals surface area contributed by atoms with Crippen LogP contribution in [0.2, 0.25) is 0 Å². The maximum absolute atomic E-state index is 3.63. The van der Waals surface area contributed by atoms with E-state index >= 15 is 0 Å². The molecule has 1 saturated carbocycles. The van der Waals surface area contributed by atoms with E-state index in [0.29, 0.717) is 0 Å². The van der Waals surface area contributed by atoms with Crippen LogP contribution in [-0.2, 0) is 0 Å². The smallest absolute Gasteiger partial charge is 0.0166 e. The van der Waals surface area contributed by atoms with Crippen molar-refractivity contribution in [2.24, 2.45) is 0 Å². The maximum atomic E-state index is 3.63. The number of nitrogens with zero attached hydrogens (tertiary/aromatic N) is 1. The first-order chi connectivity index (χ1) is 6.36. The molecule has 1 atom stereocenters. The summed E-state index contributed by atoms with van der Waals surface area (Å²) in [4.78, 5) is 2.50. The molecule has 0 spiro atoms. The van der Waals surface area contributed by atoms with Crippen LogP contribution in [0.5, 0.6) is 0 Å². The van der Waals surface area contributed by atoms with Crippen molar-refractivity contribution in [2.75, 3.05) is 31.6 Å². The monoisotopic (exact) mass is 200 g/mol. The van der Waals surface area contributed by atoms with Crippen molar-refractivity contribution < 1.29 is 0 Å². The molecule has 2 aliphatic rings. The Morgan fingerprint density at radius 2 is 2.23 bits per heavy atom. The van der Waals surface area contributed by atoms with E-state index in [1.54, 1.807) is 0 Å². The summed E-state index contributed by atoms with van der Waals surface area (Å²) in [6.45, 7) is 2.41. The van der Waals surface area contributed by atoms with Crippen molar-refractivity contribution in [1.29, 1.82) is 0 Å². The lowest BCUT2D eigenvalue weighted by atomic mass is 10.2. The molecule has 1 heterocycles. The van der Waals surface area contributed by atoms with E-state index in [4.69, 9.17) is 0 Å². The number of thioether (sulfide) groups is 1. The molecule has 1 aliphatic carbocycles. The van der Waals surface area contributed by atoms with E-state index < -0.39 is 0 Å². The van der Waals surface area contributed by atoms with Crippen LogP contribution < -0.4 is 5.32 Å². The molecule has 0 aromatic carbocycles. The van der Waals surface area contributed by atoms with Gasteiger partial charge in [-0.1, -0.05) is 0 Å². The SMILES string of the molecule is CN(CCNC1CCSC1)C1CC1. The van der Waals surface area contributed by atoms with Gasteiger partial charge in [0.25, 0.3) is 0 Å². The second kappa shape index (κ2) is 4.67. The van der Waals surface area contributed by atoms with Crippen LogP contribution in [0.25, 0.3) is 0 Å². The van der Waals surface area contributed by atoms with Crippen molar-refractivity contribution >= 4 is 11.8 Å². The minimum atomic E-state index is 0.803. The fraction of sp³-hybridized carbons (Fsp3) is 1.00. The second-order valence-corrected chi connectivity index (χ2v) is 5.38. The van der Waals surface area contributed by atoms with Gasteiger partial charge in [0.05, 0.1) is 0 Å². The molecule has 3 heteroatoms. The first-order valence-corrected chi connectivity index (χ1v) is 6.53. The predicted molar refractivity (Wildman–Crippen MR) is 59.4 cm³/mol. The summed E-state index contributed by atoms with van der Waals surface area (Å²) < 4.78 is 0. The lowest BCUT2D eigenvalue weighted by Crippen LogP contribution is -2.36. The van der Waals surface area contributed by atoms with Crippen LogP contribution >= 0.6 is 11.8 Å². The molecule has 0 bridgehead atoms.